The lowest BCUT2D eigenvalue weighted by Crippen LogP contribution is -2.67. The second-order valence-corrected chi connectivity index (χ2v) is 12.8. The summed E-state index contributed by atoms with van der Waals surface area (Å²) in [5, 5.41) is 6.46. The minimum atomic E-state index is -2.40. The highest BCUT2D eigenvalue weighted by molar-refractivity contribution is 6.99. The molecule has 0 bridgehead atoms. The quantitative estimate of drug-likeness (QED) is 0.781. The maximum atomic E-state index is 7.06. The van der Waals surface area contributed by atoms with Crippen LogP contribution in [0.3, 0.4) is 0 Å². The minimum Gasteiger partial charge on any atom is -0.406 e. The Labute approximate surface area is 160 Å². The third-order valence-electron chi connectivity index (χ3n) is 5.91. The van der Waals surface area contributed by atoms with Crippen molar-refractivity contribution < 1.29 is 4.43 Å². The number of benzene rings is 2. The van der Waals surface area contributed by atoms with Crippen molar-refractivity contribution in [2.24, 2.45) is 5.92 Å². The summed E-state index contributed by atoms with van der Waals surface area (Å²) < 4.78 is 7.06. The van der Waals surface area contributed by atoms with E-state index in [1.807, 2.05) is 0 Å². The molecule has 1 fully saturated rings. The van der Waals surface area contributed by atoms with Gasteiger partial charge in [-0.3, -0.25) is 0 Å². The molecule has 2 nitrogen and oxygen atoms in total. The summed E-state index contributed by atoms with van der Waals surface area (Å²) in [7, 11) is -2.40. The molecule has 0 unspecified atom stereocenters. The molecule has 0 spiro atoms. The van der Waals surface area contributed by atoms with Crippen LogP contribution in [0.15, 0.2) is 60.7 Å². The van der Waals surface area contributed by atoms with Gasteiger partial charge in [-0.05, 0) is 34.3 Å². The van der Waals surface area contributed by atoms with Crippen LogP contribution in [0.2, 0.25) is 5.04 Å². The highest BCUT2D eigenvalue weighted by Gasteiger charge is 2.50. The summed E-state index contributed by atoms with van der Waals surface area (Å²) >= 11 is 0. The molecule has 1 aliphatic rings. The van der Waals surface area contributed by atoms with E-state index in [4.69, 9.17) is 4.43 Å². The van der Waals surface area contributed by atoms with Crippen molar-refractivity contribution in [1.82, 2.24) is 5.32 Å². The lowest BCUT2D eigenvalue weighted by molar-refractivity contribution is 0.232. The largest absolute Gasteiger partial charge is 0.406 e. The first-order chi connectivity index (χ1) is 12.5. The van der Waals surface area contributed by atoms with Crippen molar-refractivity contribution in [2.45, 2.75) is 51.6 Å². The second kappa shape index (κ2) is 8.08. The van der Waals surface area contributed by atoms with E-state index in [9.17, 15) is 0 Å². The molecule has 0 aromatic heterocycles. The van der Waals surface area contributed by atoms with Crippen molar-refractivity contribution >= 4 is 18.7 Å². The van der Waals surface area contributed by atoms with E-state index in [1.54, 1.807) is 0 Å². The highest BCUT2D eigenvalue weighted by Crippen LogP contribution is 2.37. The average Bonchev–Trinajstić information content (AvgIpc) is 3.10. The summed E-state index contributed by atoms with van der Waals surface area (Å²) in [5.74, 6) is 0.730. The summed E-state index contributed by atoms with van der Waals surface area (Å²) in [4.78, 5) is 0. The Balaban J connectivity index is 2.03. The fraction of sp³-hybridized carbons (Fsp3) is 0.478. The highest BCUT2D eigenvalue weighted by atomic mass is 28.4. The van der Waals surface area contributed by atoms with Crippen molar-refractivity contribution in [3.63, 3.8) is 0 Å². The predicted molar refractivity (Wildman–Crippen MR) is 114 cm³/mol. The SMILES string of the molecule is CC[C@@H]1CCN[C@@H]1CO[Si](c1ccccc1)(c1ccccc1)C(C)(C)C. The molecule has 1 N–H and O–H groups in total. The summed E-state index contributed by atoms with van der Waals surface area (Å²) in [6.07, 6.45) is 2.49. The average molecular weight is 368 g/mol. The van der Waals surface area contributed by atoms with E-state index in [-0.39, 0.29) is 5.04 Å². The van der Waals surface area contributed by atoms with Crippen molar-refractivity contribution in [3.8, 4) is 0 Å². The molecular weight excluding hydrogens is 334 g/mol. The molecule has 3 heteroatoms. The van der Waals surface area contributed by atoms with Crippen molar-refractivity contribution in [2.75, 3.05) is 13.2 Å². The molecular formula is C23H33NOSi. The summed E-state index contributed by atoms with van der Waals surface area (Å²) in [5.41, 5.74) is 0. The fourth-order valence-electron chi connectivity index (χ4n) is 4.48. The maximum absolute atomic E-state index is 7.06. The minimum absolute atomic E-state index is 0.0516. The van der Waals surface area contributed by atoms with Crippen molar-refractivity contribution in [1.29, 1.82) is 0 Å². The first-order valence-electron chi connectivity index (χ1n) is 9.97. The Morgan fingerprint density at radius 1 is 0.962 bits per heavy atom. The Bertz CT molecular complexity index is 641. The van der Waals surface area contributed by atoms with Gasteiger partial charge in [-0.1, -0.05) is 94.8 Å². The Kier molecular flexibility index (Phi) is 6.01. The van der Waals surface area contributed by atoms with Crippen molar-refractivity contribution in [3.05, 3.63) is 60.7 Å². The van der Waals surface area contributed by atoms with E-state index in [0.29, 0.717) is 6.04 Å². The third kappa shape index (κ3) is 3.66. The van der Waals surface area contributed by atoms with E-state index >= 15 is 0 Å². The Morgan fingerprint density at radius 2 is 1.50 bits per heavy atom. The molecule has 0 radical (unpaired) electrons. The molecule has 3 rings (SSSR count). The van der Waals surface area contributed by atoms with Crippen LogP contribution in [-0.4, -0.2) is 27.5 Å². The molecule has 140 valence electrons. The van der Waals surface area contributed by atoms with Crippen LogP contribution < -0.4 is 15.7 Å². The zero-order valence-electron chi connectivity index (χ0n) is 16.7. The fourth-order valence-corrected chi connectivity index (χ4v) is 9.07. The third-order valence-corrected chi connectivity index (χ3v) is 10.9. The summed E-state index contributed by atoms with van der Waals surface area (Å²) in [6.45, 7) is 11.3. The zero-order valence-corrected chi connectivity index (χ0v) is 17.7. The zero-order chi connectivity index (χ0) is 18.6. The summed E-state index contributed by atoms with van der Waals surface area (Å²) in [6, 6.07) is 22.3. The molecule has 2 atom stereocenters. The molecule has 26 heavy (non-hydrogen) atoms. The van der Waals surface area contributed by atoms with Gasteiger partial charge in [0.05, 0.1) is 6.61 Å². The van der Waals surface area contributed by atoms with Crippen LogP contribution in [-0.2, 0) is 4.43 Å². The van der Waals surface area contributed by atoms with Gasteiger partial charge in [-0.2, -0.15) is 0 Å². The molecule has 1 saturated heterocycles. The lowest BCUT2D eigenvalue weighted by atomic mass is 9.99. The topological polar surface area (TPSA) is 21.3 Å². The monoisotopic (exact) mass is 367 g/mol. The molecule has 1 aliphatic heterocycles. The second-order valence-electron chi connectivity index (χ2n) is 8.49. The number of nitrogens with one attached hydrogen (secondary N) is 1. The van der Waals surface area contributed by atoms with Crippen LogP contribution in [0.4, 0.5) is 0 Å². The van der Waals surface area contributed by atoms with Gasteiger partial charge in [0.2, 0.25) is 0 Å². The number of rotatable bonds is 6. The van der Waals surface area contributed by atoms with Crippen LogP contribution in [0.1, 0.15) is 40.5 Å². The van der Waals surface area contributed by atoms with Gasteiger partial charge < -0.3 is 9.74 Å². The molecule has 2 aromatic carbocycles. The molecule has 0 saturated carbocycles. The van der Waals surface area contributed by atoms with E-state index in [0.717, 1.165) is 19.1 Å². The predicted octanol–water partition coefficient (Wildman–Crippen LogP) is 3.95. The van der Waals surface area contributed by atoms with Gasteiger partial charge in [0.1, 0.15) is 0 Å². The van der Waals surface area contributed by atoms with Gasteiger partial charge in [0.15, 0.2) is 0 Å². The van der Waals surface area contributed by atoms with Gasteiger partial charge in [0, 0.05) is 6.04 Å². The first kappa shape index (κ1) is 19.3. The van der Waals surface area contributed by atoms with Crippen LogP contribution in [0, 0.1) is 5.92 Å². The molecule has 1 heterocycles. The molecule has 0 aliphatic carbocycles. The maximum Gasteiger partial charge on any atom is 0.261 e. The van der Waals surface area contributed by atoms with Gasteiger partial charge in [-0.15, -0.1) is 0 Å². The van der Waals surface area contributed by atoms with E-state index in [1.165, 1.54) is 23.2 Å². The Morgan fingerprint density at radius 3 is 1.96 bits per heavy atom. The van der Waals surface area contributed by atoms with E-state index < -0.39 is 8.32 Å². The van der Waals surface area contributed by atoms with E-state index in [2.05, 4.69) is 93.7 Å². The van der Waals surface area contributed by atoms with Crippen LogP contribution in [0.25, 0.3) is 0 Å². The van der Waals surface area contributed by atoms with Gasteiger partial charge in [0.25, 0.3) is 8.32 Å². The van der Waals surface area contributed by atoms with Crippen LogP contribution in [0.5, 0.6) is 0 Å². The molecule has 0 amide bonds. The molecule has 2 aromatic rings. The van der Waals surface area contributed by atoms with Gasteiger partial charge in [-0.25, -0.2) is 0 Å². The lowest BCUT2D eigenvalue weighted by Gasteiger charge is -2.43. The first-order valence-corrected chi connectivity index (χ1v) is 11.9. The van der Waals surface area contributed by atoms with Gasteiger partial charge >= 0.3 is 0 Å². The standard InChI is InChI=1S/C23H33NOSi/c1-5-19-16-17-24-22(19)18-25-26(23(2,3)4,20-12-8-6-9-13-20)21-14-10-7-11-15-21/h6-15,19,22,24H,5,16-18H2,1-4H3/t19-,22-/m1/s1. The number of hydrogen-bond donors (Lipinski definition) is 1. The number of hydrogen-bond acceptors (Lipinski definition) is 2. The normalized spacial score (nSPS) is 21.1. The smallest absolute Gasteiger partial charge is 0.261 e. The van der Waals surface area contributed by atoms with Crippen LogP contribution >= 0.6 is 0 Å². The Hall–Kier alpha value is -1.42.